The summed E-state index contributed by atoms with van der Waals surface area (Å²) in [7, 11) is -4.12. The van der Waals surface area contributed by atoms with E-state index in [9.17, 15) is 9.46 Å². The first-order valence-electron chi connectivity index (χ1n) is 15.2. The lowest BCUT2D eigenvalue weighted by atomic mass is 10.1. The van der Waals surface area contributed by atoms with Crippen molar-refractivity contribution in [2.45, 2.75) is 129 Å². The number of unbranched alkanes of at least 4 members (excludes halogenated alkanes) is 13. The zero-order chi connectivity index (χ0) is 29.1. The molecular weight excluding hydrogens is 531 g/mol. The smallest absolute Gasteiger partial charge is 0.371 e. The predicted octanol–water partition coefficient (Wildman–Crippen LogP) is 6.15. The van der Waals surface area contributed by atoms with Crippen LogP contribution in [0.25, 0.3) is 11.2 Å². The summed E-state index contributed by atoms with van der Waals surface area (Å²) in [4.78, 5) is 22.5. The standard InChI is InChI=1S/C28H53N6O5P/c1-3-4-5-6-7-8-9-10-11-12-13-15-18-37-19-16-14-17-20-38-40(35,36)28(30)39-24(2)21-34-23-33-25-26(29)31-22-32-27(25)34/h22-24,28H,3-21,30H2,1-2H3,(H,35,36)(H2,29,31,32)/t24-,28?/m1/s1. The number of nitrogens with zero attached hydrogens (tertiary/aromatic N) is 4. The Labute approximate surface area is 240 Å². The van der Waals surface area contributed by atoms with Gasteiger partial charge in [0.15, 0.2) is 11.5 Å². The molecule has 2 heterocycles. The summed E-state index contributed by atoms with van der Waals surface area (Å²) in [5.41, 5.74) is 12.7. The minimum absolute atomic E-state index is 0.139. The second kappa shape index (κ2) is 20.3. The Hall–Kier alpha value is -1.62. The fraction of sp³-hybridized carbons (Fsp3) is 0.821. The molecule has 230 valence electrons. The normalized spacial score (nSPS) is 14.9. The van der Waals surface area contributed by atoms with Crippen molar-refractivity contribution >= 4 is 24.6 Å². The van der Waals surface area contributed by atoms with Crippen LogP contribution in [0.15, 0.2) is 12.7 Å². The summed E-state index contributed by atoms with van der Waals surface area (Å²) >= 11 is 0. The van der Waals surface area contributed by atoms with Gasteiger partial charge in [-0.15, -0.1) is 0 Å². The third-order valence-electron chi connectivity index (χ3n) is 6.93. The van der Waals surface area contributed by atoms with Crippen LogP contribution in [0.2, 0.25) is 0 Å². The van der Waals surface area contributed by atoms with Crippen molar-refractivity contribution in [2.75, 3.05) is 25.6 Å². The Balaban J connectivity index is 1.43. The molecule has 0 fully saturated rings. The van der Waals surface area contributed by atoms with Crippen LogP contribution in [0.3, 0.4) is 0 Å². The second-order valence-electron chi connectivity index (χ2n) is 10.6. The average Bonchev–Trinajstić information content (AvgIpc) is 3.33. The predicted molar refractivity (Wildman–Crippen MR) is 160 cm³/mol. The third-order valence-corrected chi connectivity index (χ3v) is 8.25. The molecule has 12 heteroatoms. The number of hydrogen-bond acceptors (Lipinski definition) is 9. The Bertz CT molecular complexity index is 978. The van der Waals surface area contributed by atoms with Crippen LogP contribution < -0.4 is 11.5 Å². The van der Waals surface area contributed by atoms with E-state index in [1.54, 1.807) is 17.8 Å². The van der Waals surface area contributed by atoms with Crippen LogP contribution in [-0.2, 0) is 25.1 Å². The lowest BCUT2D eigenvalue weighted by molar-refractivity contribution is 0.0180. The van der Waals surface area contributed by atoms with E-state index in [1.165, 1.54) is 77.0 Å². The molecule has 2 aromatic heterocycles. The molecule has 0 amide bonds. The van der Waals surface area contributed by atoms with Crippen molar-refractivity contribution in [3.05, 3.63) is 12.7 Å². The minimum Gasteiger partial charge on any atom is -0.382 e. The van der Waals surface area contributed by atoms with Gasteiger partial charge in [-0.2, -0.15) is 0 Å². The van der Waals surface area contributed by atoms with Gasteiger partial charge in [0.2, 0.25) is 5.97 Å². The fourth-order valence-corrected chi connectivity index (χ4v) is 5.47. The highest BCUT2D eigenvalue weighted by atomic mass is 31.2. The maximum atomic E-state index is 12.5. The van der Waals surface area contributed by atoms with Crippen LogP contribution in [0.5, 0.6) is 0 Å². The lowest BCUT2D eigenvalue weighted by Crippen LogP contribution is -2.31. The van der Waals surface area contributed by atoms with Crippen LogP contribution >= 0.6 is 7.60 Å². The molecule has 0 aromatic carbocycles. The van der Waals surface area contributed by atoms with Crippen molar-refractivity contribution in [1.29, 1.82) is 0 Å². The molecule has 5 N–H and O–H groups in total. The topological polar surface area (TPSA) is 161 Å². The number of fused-ring (bicyclic) bond motifs is 1. The first-order chi connectivity index (χ1) is 19.3. The largest absolute Gasteiger partial charge is 0.382 e. The Kier molecular flexibility index (Phi) is 17.5. The van der Waals surface area contributed by atoms with E-state index in [0.29, 0.717) is 30.7 Å². The highest BCUT2D eigenvalue weighted by Crippen LogP contribution is 2.46. The molecule has 2 unspecified atom stereocenters. The fourth-order valence-electron chi connectivity index (χ4n) is 4.57. The van der Waals surface area contributed by atoms with Gasteiger partial charge in [0.25, 0.3) is 0 Å². The van der Waals surface area contributed by atoms with Crippen LogP contribution in [-0.4, -0.2) is 56.3 Å². The third kappa shape index (κ3) is 13.8. The van der Waals surface area contributed by atoms with E-state index in [2.05, 4.69) is 21.9 Å². The maximum absolute atomic E-state index is 12.5. The first kappa shape index (κ1) is 34.6. The summed E-state index contributed by atoms with van der Waals surface area (Å²) in [5.74, 6) is -1.16. The molecule has 2 aromatic rings. The zero-order valence-electron chi connectivity index (χ0n) is 24.7. The maximum Gasteiger partial charge on any atom is 0.371 e. The number of aromatic nitrogens is 4. The molecule has 2 rings (SSSR count). The Morgan fingerprint density at radius 1 is 0.875 bits per heavy atom. The van der Waals surface area contributed by atoms with Crippen molar-refractivity contribution < 1.29 is 23.5 Å². The molecule has 0 aliphatic carbocycles. The van der Waals surface area contributed by atoms with E-state index in [0.717, 1.165) is 25.9 Å². The molecule has 11 nitrogen and oxygen atoms in total. The molecule has 0 saturated heterocycles. The SMILES string of the molecule is CCCCCCCCCCCCCCOCCCCCOP(=O)(O)C(N)O[C@H](C)Cn1cnc2c(N)ncnc21. The van der Waals surface area contributed by atoms with Gasteiger partial charge in [0.05, 0.1) is 25.6 Å². The molecule has 0 aliphatic rings. The minimum atomic E-state index is -4.12. The van der Waals surface area contributed by atoms with E-state index >= 15 is 0 Å². The number of imidazole rings is 1. The van der Waals surface area contributed by atoms with Crippen molar-refractivity contribution in [3.63, 3.8) is 0 Å². The van der Waals surface area contributed by atoms with Gasteiger partial charge < -0.3 is 29.2 Å². The molecule has 0 spiro atoms. The van der Waals surface area contributed by atoms with E-state index < -0.39 is 19.7 Å². The molecule has 0 radical (unpaired) electrons. The zero-order valence-corrected chi connectivity index (χ0v) is 25.6. The molecule has 0 aliphatic heterocycles. The van der Waals surface area contributed by atoms with E-state index in [1.807, 2.05) is 0 Å². The Morgan fingerprint density at radius 3 is 2.05 bits per heavy atom. The Morgan fingerprint density at radius 2 is 1.43 bits per heavy atom. The van der Waals surface area contributed by atoms with Crippen molar-refractivity contribution in [2.24, 2.45) is 5.73 Å². The number of anilines is 1. The second-order valence-corrected chi connectivity index (χ2v) is 12.5. The monoisotopic (exact) mass is 584 g/mol. The van der Waals surface area contributed by atoms with Crippen molar-refractivity contribution in [3.8, 4) is 0 Å². The molecule has 0 bridgehead atoms. The van der Waals surface area contributed by atoms with Crippen molar-refractivity contribution in [1.82, 2.24) is 19.5 Å². The summed E-state index contributed by atoms with van der Waals surface area (Å²) in [6.45, 7) is 5.97. The van der Waals surface area contributed by atoms with Gasteiger partial charge in [-0.3, -0.25) is 10.3 Å². The van der Waals surface area contributed by atoms with Gasteiger partial charge in [-0.25, -0.2) is 15.0 Å². The van der Waals surface area contributed by atoms with E-state index in [-0.39, 0.29) is 12.4 Å². The molecule has 40 heavy (non-hydrogen) atoms. The number of hydrogen-bond donors (Lipinski definition) is 3. The molecule has 0 saturated carbocycles. The summed E-state index contributed by atoms with van der Waals surface area (Å²) in [5, 5.41) is 0. The molecular formula is C28H53N6O5P. The van der Waals surface area contributed by atoms with Crippen LogP contribution in [0.1, 0.15) is 110 Å². The van der Waals surface area contributed by atoms with Gasteiger partial charge in [-0.05, 0) is 32.6 Å². The van der Waals surface area contributed by atoms with E-state index in [4.69, 9.17) is 25.5 Å². The van der Waals surface area contributed by atoms with Gasteiger partial charge in [0, 0.05) is 13.2 Å². The highest BCUT2D eigenvalue weighted by molar-refractivity contribution is 7.53. The highest BCUT2D eigenvalue weighted by Gasteiger charge is 2.31. The lowest BCUT2D eigenvalue weighted by Gasteiger charge is -2.23. The van der Waals surface area contributed by atoms with Gasteiger partial charge in [-0.1, -0.05) is 77.6 Å². The quantitative estimate of drug-likeness (QED) is 0.0701. The summed E-state index contributed by atoms with van der Waals surface area (Å²) in [6.07, 6.45) is 20.9. The first-order valence-corrected chi connectivity index (χ1v) is 16.9. The summed E-state index contributed by atoms with van der Waals surface area (Å²) in [6, 6.07) is 0. The summed E-state index contributed by atoms with van der Waals surface area (Å²) < 4.78 is 30.7. The number of nitrogen functional groups attached to an aromatic ring is 1. The van der Waals surface area contributed by atoms with Crippen LogP contribution in [0, 0.1) is 0 Å². The van der Waals surface area contributed by atoms with Gasteiger partial charge >= 0.3 is 7.60 Å². The number of rotatable bonds is 25. The van der Waals surface area contributed by atoms with Gasteiger partial charge in [0.1, 0.15) is 11.8 Å². The van der Waals surface area contributed by atoms with Crippen LogP contribution in [0.4, 0.5) is 5.82 Å². The number of ether oxygens (including phenoxy) is 2. The molecule has 3 atom stereocenters. The average molecular weight is 585 g/mol. The number of nitrogens with two attached hydrogens (primary N) is 2.